The van der Waals surface area contributed by atoms with E-state index < -0.39 is 12.4 Å². The molecule has 1 aromatic carbocycles. The molecule has 20 heavy (non-hydrogen) atoms. The van der Waals surface area contributed by atoms with Crippen molar-refractivity contribution in [3.05, 3.63) is 42.0 Å². The minimum Gasteiger partial charge on any atom is -0.384 e. The maximum absolute atomic E-state index is 11.3. The molecular formula is C15H19NO4. The van der Waals surface area contributed by atoms with Crippen molar-refractivity contribution in [1.82, 2.24) is 5.32 Å². The van der Waals surface area contributed by atoms with Gasteiger partial charge in [-0.25, -0.2) is 0 Å². The quantitative estimate of drug-likeness (QED) is 0.870. The molecule has 2 rings (SSSR count). The molecular weight excluding hydrogens is 258 g/mol. The summed E-state index contributed by atoms with van der Waals surface area (Å²) in [5.74, 6) is -0.196. The van der Waals surface area contributed by atoms with Gasteiger partial charge in [-0.05, 0) is 18.1 Å². The zero-order valence-corrected chi connectivity index (χ0v) is 11.4. The van der Waals surface area contributed by atoms with Gasteiger partial charge in [0.25, 0.3) is 0 Å². The molecule has 0 saturated carbocycles. The number of nitrogens with one attached hydrogen (secondary N) is 1. The van der Waals surface area contributed by atoms with Gasteiger partial charge in [-0.3, -0.25) is 4.79 Å². The van der Waals surface area contributed by atoms with Crippen LogP contribution in [0, 0.1) is 0 Å². The predicted molar refractivity (Wildman–Crippen MR) is 74.6 cm³/mol. The van der Waals surface area contributed by atoms with Crippen LogP contribution in [0.2, 0.25) is 0 Å². The molecule has 1 aromatic rings. The van der Waals surface area contributed by atoms with Gasteiger partial charge in [-0.2, -0.15) is 0 Å². The van der Waals surface area contributed by atoms with Crippen molar-refractivity contribution < 1.29 is 19.4 Å². The van der Waals surface area contributed by atoms with Crippen LogP contribution in [0.4, 0.5) is 0 Å². The number of amides is 1. The summed E-state index contributed by atoms with van der Waals surface area (Å²) in [5, 5.41) is 12.9. The molecule has 5 nitrogen and oxygen atoms in total. The highest BCUT2D eigenvalue weighted by molar-refractivity contribution is 5.85. The Balaban J connectivity index is 2.16. The number of aliphatic hydroxyl groups is 1. The lowest BCUT2D eigenvalue weighted by Crippen LogP contribution is -2.35. The third kappa shape index (κ3) is 4.16. The highest BCUT2D eigenvalue weighted by Gasteiger charge is 2.22. The predicted octanol–water partition coefficient (Wildman–Crippen LogP) is 1.29. The minimum absolute atomic E-state index is 0.196. The van der Waals surface area contributed by atoms with Gasteiger partial charge in [-0.1, -0.05) is 30.3 Å². The summed E-state index contributed by atoms with van der Waals surface area (Å²) in [5.41, 5.74) is 1.36. The second kappa shape index (κ2) is 7.19. The van der Waals surface area contributed by atoms with Crippen molar-refractivity contribution in [2.45, 2.75) is 25.7 Å². The Hall–Kier alpha value is -1.69. The third-order valence-electron chi connectivity index (χ3n) is 2.86. The summed E-state index contributed by atoms with van der Waals surface area (Å²) in [6.45, 7) is 2.56. The number of aliphatic hydroxyl groups excluding tert-OH is 1. The van der Waals surface area contributed by atoms with Crippen LogP contribution in [-0.4, -0.2) is 36.6 Å². The summed E-state index contributed by atoms with van der Waals surface area (Å²) in [4.78, 5) is 11.3. The van der Waals surface area contributed by atoms with Crippen LogP contribution in [0.3, 0.4) is 0 Å². The lowest BCUT2D eigenvalue weighted by Gasteiger charge is -2.26. The number of hydrogen-bond donors (Lipinski definition) is 2. The zero-order valence-electron chi connectivity index (χ0n) is 11.4. The Kier molecular flexibility index (Phi) is 5.29. The van der Waals surface area contributed by atoms with Gasteiger partial charge < -0.3 is 19.9 Å². The second-order valence-corrected chi connectivity index (χ2v) is 4.58. The zero-order chi connectivity index (χ0) is 14.4. The van der Waals surface area contributed by atoms with Crippen LogP contribution >= 0.6 is 0 Å². The molecule has 0 aromatic heterocycles. The topological polar surface area (TPSA) is 67.8 Å². The highest BCUT2D eigenvalue weighted by Crippen LogP contribution is 2.16. The minimum atomic E-state index is -0.933. The van der Waals surface area contributed by atoms with Crippen molar-refractivity contribution in [3.8, 4) is 0 Å². The molecule has 0 spiro atoms. The van der Waals surface area contributed by atoms with Crippen LogP contribution in [0.5, 0.6) is 0 Å². The van der Waals surface area contributed by atoms with Crippen molar-refractivity contribution in [2.24, 2.45) is 0 Å². The molecule has 1 aliphatic rings. The molecule has 0 radical (unpaired) electrons. The largest absolute Gasteiger partial charge is 0.384 e. The first-order valence-electron chi connectivity index (χ1n) is 6.63. The molecule has 0 bridgehead atoms. The van der Waals surface area contributed by atoms with Gasteiger partial charge >= 0.3 is 0 Å². The molecule has 1 saturated heterocycles. The molecule has 1 amide bonds. The lowest BCUT2D eigenvalue weighted by molar-refractivity contribution is -0.212. The van der Waals surface area contributed by atoms with Gasteiger partial charge in [0.2, 0.25) is 5.91 Å². The summed E-state index contributed by atoms with van der Waals surface area (Å²) in [7, 11) is 0. The number of carbonyl (C=O) groups excluding carboxylic acids is 1. The fourth-order valence-electron chi connectivity index (χ4n) is 1.97. The van der Waals surface area contributed by atoms with E-state index in [1.165, 1.54) is 6.92 Å². The molecule has 1 atom stereocenters. The van der Waals surface area contributed by atoms with Crippen LogP contribution in [0.1, 0.15) is 18.9 Å². The van der Waals surface area contributed by atoms with Crippen molar-refractivity contribution >= 4 is 11.6 Å². The monoisotopic (exact) mass is 277 g/mol. The standard InChI is InChI=1S/C15H19NO4/c1-11(17)16-13(12-6-3-2-4-7-12)10-14(18)15-19-8-5-9-20-15/h2-4,6-7,10,14-15,18H,5,8-9H2,1H3,(H,16,17)/b13-10-/t14-/m0/s1. The molecule has 0 unspecified atom stereocenters. The van der Waals surface area contributed by atoms with Crippen molar-refractivity contribution in [1.29, 1.82) is 0 Å². The van der Waals surface area contributed by atoms with Gasteiger partial charge in [0.05, 0.1) is 13.2 Å². The third-order valence-corrected chi connectivity index (χ3v) is 2.86. The fraction of sp³-hybridized carbons (Fsp3) is 0.400. The molecule has 1 heterocycles. The van der Waals surface area contributed by atoms with E-state index in [-0.39, 0.29) is 5.91 Å². The Morgan fingerprint density at radius 1 is 1.35 bits per heavy atom. The van der Waals surface area contributed by atoms with E-state index in [0.29, 0.717) is 18.9 Å². The van der Waals surface area contributed by atoms with Crippen LogP contribution in [-0.2, 0) is 14.3 Å². The van der Waals surface area contributed by atoms with E-state index in [9.17, 15) is 9.90 Å². The maximum Gasteiger partial charge on any atom is 0.221 e. The summed E-state index contributed by atoms with van der Waals surface area (Å²) < 4.78 is 10.7. The van der Waals surface area contributed by atoms with E-state index in [1.54, 1.807) is 6.08 Å². The van der Waals surface area contributed by atoms with Crippen LogP contribution in [0.15, 0.2) is 36.4 Å². The summed E-state index contributed by atoms with van der Waals surface area (Å²) in [6, 6.07) is 9.34. The van der Waals surface area contributed by atoms with E-state index in [2.05, 4.69) is 5.32 Å². The van der Waals surface area contributed by atoms with Gasteiger partial charge in [0, 0.05) is 12.6 Å². The van der Waals surface area contributed by atoms with Crippen LogP contribution < -0.4 is 5.32 Å². The van der Waals surface area contributed by atoms with Gasteiger partial charge in [0.1, 0.15) is 6.10 Å². The first-order valence-corrected chi connectivity index (χ1v) is 6.63. The maximum atomic E-state index is 11.3. The number of hydrogen-bond acceptors (Lipinski definition) is 4. The lowest BCUT2D eigenvalue weighted by atomic mass is 10.1. The normalized spacial score (nSPS) is 18.6. The number of rotatable bonds is 4. The molecule has 1 fully saturated rings. The summed E-state index contributed by atoms with van der Waals surface area (Å²) in [6.07, 6.45) is 0.755. The Morgan fingerprint density at radius 2 is 2.00 bits per heavy atom. The molecule has 5 heteroatoms. The Labute approximate surface area is 118 Å². The molecule has 2 N–H and O–H groups in total. The number of ether oxygens (including phenoxy) is 2. The van der Waals surface area contributed by atoms with E-state index in [4.69, 9.17) is 9.47 Å². The highest BCUT2D eigenvalue weighted by atomic mass is 16.7. The SMILES string of the molecule is CC(=O)N/C(=C\[C@H](O)C1OCCCO1)c1ccccc1. The second-order valence-electron chi connectivity index (χ2n) is 4.58. The van der Waals surface area contributed by atoms with Gasteiger partial charge in [0.15, 0.2) is 6.29 Å². The van der Waals surface area contributed by atoms with Crippen LogP contribution in [0.25, 0.3) is 5.70 Å². The molecule has 108 valence electrons. The Bertz CT molecular complexity index is 466. The van der Waals surface area contributed by atoms with Gasteiger partial charge in [-0.15, -0.1) is 0 Å². The first-order chi connectivity index (χ1) is 9.66. The number of benzene rings is 1. The average molecular weight is 277 g/mol. The Morgan fingerprint density at radius 3 is 2.60 bits per heavy atom. The summed E-state index contributed by atoms with van der Waals surface area (Å²) >= 11 is 0. The molecule has 1 aliphatic heterocycles. The number of carbonyl (C=O) groups is 1. The van der Waals surface area contributed by atoms with Crippen molar-refractivity contribution in [2.75, 3.05) is 13.2 Å². The van der Waals surface area contributed by atoms with E-state index >= 15 is 0 Å². The first kappa shape index (κ1) is 14.7. The van der Waals surface area contributed by atoms with E-state index in [1.807, 2.05) is 30.3 Å². The smallest absolute Gasteiger partial charge is 0.221 e. The molecule has 0 aliphatic carbocycles. The average Bonchev–Trinajstić information content (AvgIpc) is 2.48. The fourth-order valence-corrected chi connectivity index (χ4v) is 1.97. The van der Waals surface area contributed by atoms with Crippen molar-refractivity contribution in [3.63, 3.8) is 0 Å². The van der Waals surface area contributed by atoms with E-state index in [0.717, 1.165) is 12.0 Å².